The zero-order valence-corrected chi connectivity index (χ0v) is 18.0. The maximum absolute atomic E-state index is 5.75. The third-order valence-electron chi connectivity index (χ3n) is 5.15. The number of hydrogen-bond donors (Lipinski definition) is 0. The summed E-state index contributed by atoms with van der Waals surface area (Å²) in [6.45, 7) is 2.24. The van der Waals surface area contributed by atoms with Crippen LogP contribution < -0.4 is 9.47 Å². The Kier molecular flexibility index (Phi) is 5.32. The molecule has 3 atom stereocenters. The van der Waals surface area contributed by atoms with Crippen molar-refractivity contribution >= 4 is 32.9 Å². The number of methoxy groups -OCH3 is 2. The molecule has 2 aliphatic rings. The predicted octanol–water partition coefficient (Wildman–Crippen LogP) is 4.84. The molecule has 1 aromatic heterocycles. The molecule has 4 rings (SSSR count). The van der Waals surface area contributed by atoms with E-state index in [1.165, 1.54) is 0 Å². The van der Waals surface area contributed by atoms with Gasteiger partial charge >= 0.3 is 0 Å². The second-order valence-corrected chi connectivity index (χ2v) is 8.41. The van der Waals surface area contributed by atoms with Gasteiger partial charge in [-0.05, 0) is 40.5 Å². The molecule has 0 unspecified atom stereocenters. The minimum Gasteiger partial charge on any atom is -0.496 e. The van der Waals surface area contributed by atoms with E-state index in [9.17, 15) is 0 Å². The maximum Gasteiger partial charge on any atom is 0.160 e. The fraction of sp³-hybridized carbons (Fsp3) is 0.400. The van der Waals surface area contributed by atoms with E-state index in [4.69, 9.17) is 14.5 Å². The average Bonchev–Trinajstić information content (AvgIpc) is 3.27. The van der Waals surface area contributed by atoms with E-state index in [2.05, 4.69) is 44.9 Å². The summed E-state index contributed by atoms with van der Waals surface area (Å²) in [6.07, 6.45) is 2.92. The molecule has 0 N–H and O–H groups in total. The fourth-order valence-electron chi connectivity index (χ4n) is 3.80. The Bertz CT molecular complexity index is 862. The molecule has 5 nitrogen and oxygen atoms in total. The largest absolute Gasteiger partial charge is 0.496 e. The Morgan fingerprint density at radius 2 is 2.04 bits per heavy atom. The highest BCUT2D eigenvalue weighted by Gasteiger charge is 2.46. The van der Waals surface area contributed by atoms with E-state index in [1.54, 1.807) is 14.2 Å². The van der Waals surface area contributed by atoms with Gasteiger partial charge in [0.15, 0.2) is 5.17 Å². The van der Waals surface area contributed by atoms with Crippen molar-refractivity contribution in [3.63, 3.8) is 0 Å². The molecule has 0 bridgehead atoms. The molecular weight excluding hydrogens is 426 g/mol. The Morgan fingerprint density at radius 3 is 2.70 bits per heavy atom. The normalized spacial score (nSPS) is 23.9. The molecular formula is C20H22BrN3O2S. The second-order valence-electron chi connectivity index (χ2n) is 6.57. The van der Waals surface area contributed by atoms with Crippen molar-refractivity contribution in [2.75, 3.05) is 20.0 Å². The third kappa shape index (κ3) is 3.21. The van der Waals surface area contributed by atoms with Crippen LogP contribution in [0.25, 0.3) is 0 Å². The van der Waals surface area contributed by atoms with Gasteiger partial charge < -0.3 is 14.4 Å². The van der Waals surface area contributed by atoms with E-state index in [-0.39, 0.29) is 12.1 Å². The van der Waals surface area contributed by atoms with Crippen LogP contribution in [0.5, 0.6) is 11.5 Å². The highest BCUT2D eigenvalue weighted by molar-refractivity contribution is 9.10. The van der Waals surface area contributed by atoms with Gasteiger partial charge in [0.25, 0.3) is 0 Å². The van der Waals surface area contributed by atoms with Crippen LogP contribution in [0.2, 0.25) is 0 Å². The summed E-state index contributed by atoms with van der Waals surface area (Å²) in [5, 5.41) is 1.11. The van der Waals surface area contributed by atoms with Gasteiger partial charge in [-0.25, -0.2) is 0 Å². The van der Waals surface area contributed by atoms with E-state index in [1.807, 2.05) is 36.2 Å². The summed E-state index contributed by atoms with van der Waals surface area (Å²) in [7, 11) is 3.37. The number of nitrogens with zero attached hydrogens (tertiary/aromatic N) is 3. The molecule has 3 heterocycles. The molecule has 142 valence electrons. The van der Waals surface area contributed by atoms with Gasteiger partial charge in [0, 0.05) is 29.6 Å². The minimum atomic E-state index is -0.0581. The number of fused-ring (bicyclic) bond motifs is 1. The topological polar surface area (TPSA) is 47.0 Å². The molecule has 0 aliphatic carbocycles. The first-order valence-electron chi connectivity index (χ1n) is 8.99. The van der Waals surface area contributed by atoms with E-state index in [0.29, 0.717) is 6.04 Å². The number of halogens is 1. The number of aliphatic imine (C=N–C) groups is 1. The zero-order valence-electron chi connectivity index (χ0n) is 15.6. The van der Waals surface area contributed by atoms with Crippen LogP contribution in [0.15, 0.2) is 46.0 Å². The summed E-state index contributed by atoms with van der Waals surface area (Å²) in [4.78, 5) is 12.1. The van der Waals surface area contributed by atoms with Crippen molar-refractivity contribution in [3.05, 3.63) is 52.3 Å². The summed E-state index contributed by atoms with van der Waals surface area (Å²) in [5.74, 6) is 2.64. The van der Waals surface area contributed by atoms with Gasteiger partial charge in [0.2, 0.25) is 0 Å². The Hall–Kier alpha value is -1.73. The third-order valence-corrected chi connectivity index (χ3v) is 6.90. The highest BCUT2D eigenvalue weighted by atomic mass is 79.9. The molecule has 2 aromatic rings. The Balaban J connectivity index is 1.86. The van der Waals surface area contributed by atoms with Crippen molar-refractivity contribution in [3.8, 4) is 11.5 Å². The average molecular weight is 448 g/mol. The van der Waals surface area contributed by atoms with Crippen molar-refractivity contribution in [2.24, 2.45) is 4.99 Å². The van der Waals surface area contributed by atoms with Crippen LogP contribution in [0, 0.1) is 0 Å². The molecule has 0 spiro atoms. The van der Waals surface area contributed by atoms with Gasteiger partial charge in [0.1, 0.15) is 17.5 Å². The Morgan fingerprint density at radius 1 is 1.22 bits per heavy atom. The second kappa shape index (κ2) is 7.72. The maximum atomic E-state index is 5.75. The van der Waals surface area contributed by atoms with Crippen LogP contribution in [-0.4, -0.2) is 41.1 Å². The van der Waals surface area contributed by atoms with Crippen molar-refractivity contribution in [2.45, 2.75) is 31.5 Å². The zero-order chi connectivity index (χ0) is 19.0. The molecule has 1 aromatic carbocycles. The summed E-state index contributed by atoms with van der Waals surface area (Å²) in [5.41, 5.74) is 2.08. The van der Waals surface area contributed by atoms with Gasteiger partial charge in [-0.2, -0.15) is 0 Å². The molecule has 0 saturated carbocycles. The SMILES string of the molecule is CC[C@H]1CSC2=N[C@H](c3ccccn3)[C@@H](c3cc(Br)c(OC)cc3OC)N21. The van der Waals surface area contributed by atoms with Crippen LogP contribution in [0.4, 0.5) is 0 Å². The van der Waals surface area contributed by atoms with Crippen molar-refractivity contribution in [1.82, 2.24) is 9.88 Å². The molecule has 2 aliphatic heterocycles. The minimum absolute atomic E-state index is 0.0482. The number of hydrogen-bond acceptors (Lipinski definition) is 6. The van der Waals surface area contributed by atoms with Crippen molar-refractivity contribution < 1.29 is 9.47 Å². The monoisotopic (exact) mass is 447 g/mol. The number of rotatable bonds is 5. The van der Waals surface area contributed by atoms with Gasteiger partial charge in [0.05, 0.1) is 30.4 Å². The lowest BCUT2D eigenvalue weighted by atomic mass is 9.94. The molecule has 0 radical (unpaired) electrons. The number of ether oxygens (including phenoxy) is 2. The lowest BCUT2D eigenvalue weighted by Crippen LogP contribution is -2.35. The highest BCUT2D eigenvalue weighted by Crippen LogP contribution is 2.51. The van der Waals surface area contributed by atoms with Crippen LogP contribution >= 0.6 is 27.7 Å². The van der Waals surface area contributed by atoms with Crippen LogP contribution in [-0.2, 0) is 0 Å². The van der Waals surface area contributed by atoms with Crippen LogP contribution in [0.3, 0.4) is 0 Å². The lowest BCUT2D eigenvalue weighted by molar-refractivity contribution is 0.248. The molecule has 7 heteroatoms. The van der Waals surface area contributed by atoms with E-state index in [0.717, 1.165) is 44.6 Å². The molecule has 27 heavy (non-hydrogen) atoms. The first-order chi connectivity index (χ1) is 13.2. The predicted molar refractivity (Wildman–Crippen MR) is 113 cm³/mol. The molecule has 1 saturated heterocycles. The van der Waals surface area contributed by atoms with Gasteiger partial charge in [-0.3, -0.25) is 9.98 Å². The standard InChI is InChI=1S/C20H22BrN3O2S/c1-4-12-11-27-20-23-18(15-7-5-6-8-22-15)19(24(12)20)13-9-14(21)17(26-3)10-16(13)25-2/h5-10,12,18-19H,4,11H2,1-3H3/t12-,18+,19+/m0/s1. The number of benzene rings is 1. The number of amidine groups is 1. The summed E-state index contributed by atoms with van der Waals surface area (Å²) in [6, 6.07) is 10.5. The first-order valence-corrected chi connectivity index (χ1v) is 10.8. The van der Waals surface area contributed by atoms with Crippen LogP contribution in [0.1, 0.15) is 36.7 Å². The number of aromatic nitrogens is 1. The lowest BCUT2D eigenvalue weighted by Gasteiger charge is -2.33. The smallest absolute Gasteiger partial charge is 0.160 e. The first kappa shape index (κ1) is 18.6. The quantitative estimate of drug-likeness (QED) is 0.655. The van der Waals surface area contributed by atoms with Crippen molar-refractivity contribution in [1.29, 1.82) is 0 Å². The van der Waals surface area contributed by atoms with E-state index >= 15 is 0 Å². The van der Waals surface area contributed by atoms with Gasteiger partial charge in [-0.1, -0.05) is 24.8 Å². The molecule has 0 amide bonds. The molecule has 1 fully saturated rings. The number of thioether (sulfide) groups is 1. The Labute approximate surface area is 172 Å². The van der Waals surface area contributed by atoms with Gasteiger partial charge in [-0.15, -0.1) is 0 Å². The fourth-order valence-corrected chi connectivity index (χ4v) is 5.66. The number of pyridine rings is 1. The summed E-state index contributed by atoms with van der Waals surface area (Å²) < 4.78 is 12.1. The van der Waals surface area contributed by atoms with E-state index < -0.39 is 0 Å². The summed E-state index contributed by atoms with van der Waals surface area (Å²) >= 11 is 5.48.